The zero-order valence-corrected chi connectivity index (χ0v) is 17.9. The molecule has 12 heteroatoms. The SMILES string of the molecule is CNC(=O)CC1CCN(C(=O)c2cn3c(n2)CCN(C(=O)c2cn[nH]c2)CC3)C1.O=CO. The molecule has 0 bridgehead atoms. The molecule has 0 aromatic carbocycles. The zero-order chi connectivity index (χ0) is 23.1. The second kappa shape index (κ2) is 10.6. The number of amides is 3. The van der Waals surface area contributed by atoms with Crippen LogP contribution < -0.4 is 5.32 Å². The first-order valence-corrected chi connectivity index (χ1v) is 10.4. The van der Waals surface area contributed by atoms with Crippen molar-refractivity contribution < 1.29 is 24.3 Å². The maximum atomic E-state index is 12.9. The molecule has 0 radical (unpaired) electrons. The highest BCUT2D eigenvalue weighted by Gasteiger charge is 2.30. The van der Waals surface area contributed by atoms with E-state index >= 15 is 0 Å². The van der Waals surface area contributed by atoms with Crippen LogP contribution in [0.5, 0.6) is 0 Å². The molecule has 2 aromatic heterocycles. The third-order valence-electron chi connectivity index (χ3n) is 5.65. The number of nitrogens with zero attached hydrogens (tertiary/aromatic N) is 5. The molecule has 4 heterocycles. The Bertz CT molecular complexity index is 930. The van der Waals surface area contributed by atoms with Crippen LogP contribution in [0.15, 0.2) is 18.6 Å². The summed E-state index contributed by atoms with van der Waals surface area (Å²) in [5.41, 5.74) is 0.982. The molecule has 3 amide bonds. The second-order valence-electron chi connectivity index (χ2n) is 7.65. The quantitative estimate of drug-likeness (QED) is 0.541. The summed E-state index contributed by atoms with van der Waals surface area (Å²) in [5, 5.41) is 16.0. The average Bonchev–Trinajstić information content (AvgIpc) is 3.53. The number of carboxylic acid groups (broad SMARTS) is 1. The van der Waals surface area contributed by atoms with Gasteiger partial charge in [-0.1, -0.05) is 0 Å². The Morgan fingerprint density at radius 3 is 2.69 bits per heavy atom. The largest absolute Gasteiger partial charge is 0.483 e. The molecule has 1 unspecified atom stereocenters. The van der Waals surface area contributed by atoms with E-state index in [-0.39, 0.29) is 30.1 Å². The highest BCUT2D eigenvalue weighted by molar-refractivity contribution is 5.94. The van der Waals surface area contributed by atoms with Crippen LogP contribution in [0.2, 0.25) is 0 Å². The lowest BCUT2D eigenvalue weighted by molar-refractivity contribution is -0.123. The summed E-state index contributed by atoms with van der Waals surface area (Å²) in [6.45, 7) is 2.68. The normalized spacial score (nSPS) is 17.6. The average molecular weight is 445 g/mol. The van der Waals surface area contributed by atoms with Gasteiger partial charge in [0.2, 0.25) is 5.91 Å². The minimum absolute atomic E-state index is 0.00697. The summed E-state index contributed by atoms with van der Waals surface area (Å²) < 4.78 is 1.97. The van der Waals surface area contributed by atoms with Gasteiger partial charge < -0.3 is 24.8 Å². The number of rotatable bonds is 4. The molecule has 0 spiro atoms. The van der Waals surface area contributed by atoms with Gasteiger partial charge in [0.1, 0.15) is 11.5 Å². The summed E-state index contributed by atoms with van der Waals surface area (Å²) in [4.78, 5) is 53.4. The smallest absolute Gasteiger partial charge is 0.290 e. The number of hydrogen-bond acceptors (Lipinski definition) is 6. The van der Waals surface area contributed by atoms with E-state index in [0.29, 0.717) is 56.8 Å². The molecule has 0 saturated carbocycles. The van der Waals surface area contributed by atoms with Gasteiger partial charge in [-0.25, -0.2) is 4.98 Å². The van der Waals surface area contributed by atoms with Gasteiger partial charge in [-0.15, -0.1) is 0 Å². The van der Waals surface area contributed by atoms with Crippen molar-refractivity contribution in [1.82, 2.24) is 34.9 Å². The van der Waals surface area contributed by atoms with Gasteiger partial charge in [-0.05, 0) is 12.3 Å². The lowest BCUT2D eigenvalue weighted by Crippen LogP contribution is -2.33. The summed E-state index contributed by atoms with van der Waals surface area (Å²) in [6.07, 6.45) is 6.77. The van der Waals surface area contributed by atoms with Crippen molar-refractivity contribution in [1.29, 1.82) is 0 Å². The lowest BCUT2D eigenvalue weighted by Gasteiger charge is -2.19. The van der Waals surface area contributed by atoms with E-state index in [1.807, 2.05) is 4.57 Å². The number of carbonyl (C=O) groups is 4. The maximum Gasteiger partial charge on any atom is 0.290 e. The molecule has 1 atom stereocenters. The van der Waals surface area contributed by atoms with Gasteiger partial charge in [-0.2, -0.15) is 5.10 Å². The standard InChI is InChI=1S/C19H25N7O3.CH2O2/c1-20-17(27)8-13-2-4-26(11-13)19(29)15-12-25-7-6-24(5-3-16(25)23-15)18(28)14-9-21-22-10-14;2-1-3/h9-10,12-13H,2-8,11H2,1H3,(H,20,27)(H,21,22);1H,(H,2,3). The highest BCUT2D eigenvalue weighted by Crippen LogP contribution is 2.22. The molecule has 3 N–H and O–H groups in total. The van der Waals surface area contributed by atoms with Gasteiger partial charge >= 0.3 is 0 Å². The number of aromatic amines is 1. The topological polar surface area (TPSA) is 154 Å². The molecular formula is C20H27N7O5. The van der Waals surface area contributed by atoms with Crippen molar-refractivity contribution in [2.24, 2.45) is 5.92 Å². The molecule has 4 rings (SSSR count). The van der Waals surface area contributed by atoms with Crippen LogP contribution in [-0.2, 0) is 22.6 Å². The van der Waals surface area contributed by atoms with Crippen molar-refractivity contribution >= 4 is 24.2 Å². The highest BCUT2D eigenvalue weighted by atomic mass is 16.3. The molecule has 0 aliphatic carbocycles. The molecule has 172 valence electrons. The number of imidazole rings is 1. The van der Waals surface area contributed by atoms with Crippen LogP contribution in [0, 0.1) is 5.92 Å². The van der Waals surface area contributed by atoms with Crippen LogP contribution >= 0.6 is 0 Å². The predicted octanol–water partition coefficient (Wildman–Crippen LogP) is -0.396. The van der Waals surface area contributed by atoms with Gasteiger partial charge in [0, 0.05) is 65.0 Å². The van der Waals surface area contributed by atoms with Crippen molar-refractivity contribution in [3.63, 3.8) is 0 Å². The molecule has 1 fully saturated rings. The van der Waals surface area contributed by atoms with Gasteiger partial charge in [-0.3, -0.25) is 24.3 Å². The summed E-state index contributed by atoms with van der Waals surface area (Å²) in [5.74, 6) is 0.877. The summed E-state index contributed by atoms with van der Waals surface area (Å²) in [7, 11) is 1.63. The van der Waals surface area contributed by atoms with Crippen LogP contribution in [0.1, 0.15) is 39.5 Å². The van der Waals surface area contributed by atoms with Crippen molar-refractivity contribution in [2.75, 3.05) is 33.2 Å². The Labute approximate surface area is 184 Å². The Kier molecular flexibility index (Phi) is 7.58. The number of hydrogen-bond donors (Lipinski definition) is 3. The Balaban J connectivity index is 0.000000913. The van der Waals surface area contributed by atoms with E-state index < -0.39 is 0 Å². The van der Waals surface area contributed by atoms with Crippen LogP contribution in [-0.4, -0.2) is 92.1 Å². The number of nitrogens with one attached hydrogen (secondary N) is 2. The first-order chi connectivity index (χ1) is 15.5. The predicted molar refractivity (Wildman–Crippen MR) is 112 cm³/mol. The van der Waals surface area contributed by atoms with Crippen molar-refractivity contribution in [3.05, 3.63) is 35.7 Å². The molecular weight excluding hydrogens is 418 g/mol. The number of aromatic nitrogens is 4. The van der Waals surface area contributed by atoms with E-state index in [1.165, 1.54) is 6.20 Å². The number of H-pyrrole nitrogens is 1. The van der Waals surface area contributed by atoms with Crippen LogP contribution in [0.4, 0.5) is 0 Å². The monoisotopic (exact) mass is 445 g/mol. The Hall–Kier alpha value is -3.70. The van der Waals surface area contributed by atoms with Gasteiger partial charge in [0.05, 0.1) is 11.8 Å². The van der Waals surface area contributed by atoms with Crippen LogP contribution in [0.3, 0.4) is 0 Å². The van der Waals surface area contributed by atoms with Crippen LogP contribution in [0.25, 0.3) is 0 Å². The second-order valence-corrected chi connectivity index (χ2v) is 7.65. The van der Waals surface area contributed by atoms with Gasteiger partial charge in [0.15, 0.2) is 0 Å². The van der Waals surface area contributed by atoms with E-state index in [9.17, 15) is 14.4 Å². The molecule has 2 aliphatic rings. The van der Waals surface area contributed by atoms with Crippen molar-refractivity contribution in [3.8, 4) is 0 Å². The first kappa shape index (κ1) is 23.0. The molecule has 2 aromatic rings. The minimum atomic E-state index is -0.250. The van der Waals surface area contributed by atoms with Gasteiger partial charge in [0.25, 0.3) is 18.3 Å². The molecule has 1 saturated heterocycles. The fourth-order valence-electron chi connectivity index (χ4n) is 3.99. The minimum Gasteiger partial charge on any atom is -0.483 e. The number of likely N-dealkylation sites (tertiary alicyclic amines) is 1. The maximum absolute atomic E-state index is 12.9. The third kappa shape index (κ3) is 5.31. The summed E-state index contributed by atoms with van der Waals surface area (Å²) >= 11 is 0. The molecule has 12 nitrogen and oxygen atoms in total. The molecule has 2 aliphatic heterocycles. The third-order valence-corrected chi connectivity index (χ3v) is 5.65. The fraction of sp³-hybridized carbons (Fsp3) is 0.500. The Morgan fingerprint density at radius 1 is 1.22 bits per heavy atom. The molecule has 32 heavy (non-hydrogen) atoms. The number of fused-ring (bicyclic) bond motifs is 1. The zero-order valence-electron chi connectivity index (χ0n) is 17.9. The van der Waals surface area contributed by atoms with E-state index in [4.69, 9.17) is 9.90 Å². The first-order valence-electron chi connectivity index (χ1n) is 10.4. The van der Waals surface area contributed by atoms with E-state index in [1.54, 1.807) is 29.2 Å². The van der Waals surface area contributed by atoms with E-state index in [2.05, 4.69) is 20.5 Å². The summed E-state index contributed by atoms with van der Waals surface area (Å²) in [6, 6.07) is 0. The van der Waals surface area contributed by atoms with E-state index in [0.717, 1.165) is 12.2 Å². The van der Waals surface area contributed by atoms with Crippen molar-refractivity contribution in [2.45, 2.75) is 25.8 Å². The fourth-order valence-corrected chi connectivity index (χ4v) is 3.99. The number of carbonyl (C=O) groups excluding carboxylic acids is 3. The Morgan fingerprint density at radius 2 is 2.00 bits per heavy atom. The lowest BCUT2D eigenvalue weighted by atomic mass is 10.0.